The van der Waals surface area contributed by atoms with Gasteiger partial charge in [0.1, 0.15) is 11.6 Å². The largest absolute Gasteiger partial charge is 0.299 e. The molecule has 17 heavy (non-hydrogen) atoms. The first kappa shape index (κ1) is 12.3. The fourth-order valence-corrected chi connectivity index (χ4v) is 3.05. The van der Waals surface area contributed by atoms with Crippen molar-refractivity contribution in [1.29, 1.82) is 0 Å². The van der Waals surface area contributed by atoms with Gasteiger partial charge in [-0.05, 0) is 37.0 Å². The van der Waals surface area contributed by atoms with Gasteiger partial charge in [0.15, 0.2) is 0 Å². The lowest BCUT2D eigenvalue weighted by molar-refractivity contribution is -0.141. The van der Waals surface area contributed by atoms with Gasteiger partial charge >= 0.3 is 0 Å². The van der Waals surface area contributed by atoms with Crippen molar-refractivity contribution < 1.29 is 9.18 Å². The summed E-state index contributed by atoms with van der Waals surface area (Å²) < 4.78 is 13.6. The van der Waals surface area contributed by atoms with Crippen molar-refractivity contribution in [3.8, 4) is 0 Å². The molecule has 0 aromatic heterocycles. The zero-order valence-electron chi connectivity index (χ0n) is 10.7. The number of Topliss-reactive ketones (excluding diaryl/α,β-unsaturated/α-hetero) is 1. The summed E-state index contributed by atoms with van der Waals surface area (Å²) in [5, 5.41) is 0. The maximum atomic E-state index is 13.6. The Morgan fingerprint density at radius 1 is 1.35 bits per heavy atom. The van der Waals surface area contributed by atoms with Crippen molar-refractivity contribution in [3.63, 3.8) is 0 Å². The van der Waals surface area contributed by atoms with E-state index < -0.39 is 0 Å². The summed E-state index contributed by atoms with van der Waals surface area (Å²) in [6.45, 7) is 5.87. The SMILES string of the molecule is CCC1(CC)C(=O)CC1c1ccc(C)c(F)c1. The number of rotatable bonds is 3. The number of halogens is 1. The Kier molecular flexibility index (Phi) is 3.07. The quantitative estimate of drug-likeness (QED) is 0.772. The second kappa shape index (κ2) is 4.25. The Morgan fingerprint density at radius 2 is 2.00 bits per heavy atom. The highest BCUT2D eigenvalue weighted by atomic mass is 19.1. The molecule has 2 heteroatoms. The molecule has 0 heterocycles. The normalized spacial score (nSPS) is 22.4. The molecule has 1 fully saturated rings. The van der Waals surface area contributed by atoms with Crippen LogP contribution in [0.3, 0.4) is 0 Å². The number of ketones is 1. The van der Waals surface area contributed by atoms with E-state index in [1.54, 1.807) is 13.0 Å². The third-order valence-electron chi connectivity index (χ3n) is 4.47. The van der Waals surface area contributed by atoms with E-state index in [1.807, 2.05) is 12.1 Å². The average Bonchev–Trinajstić information content (AvgIpc) is 2.32. The zero-order chi connectivity index (χ0) is 12.6. The van der Waals surface area contributed by atoms with E-state index in [9.17, 15) is 9.18 Å². The molecule has 1 unspecified atom stereocenters. The van der Waals surface area contributed by atoms with Crippen LogP contribution in [0.2, 0.25) is 0 Å². The predicted molar refractivity (Wildman–Crippen MR) is 66.5 cm³/mol. The first-order chi connectivity index (χ1) is 8.05. The highest BCUT2D eigenvalue weighted by Gasteiger charge is 2.52. The molecule has 0 bridgehead atoms. The van der Waals surface area contributed by atoms with E-state index >= 15 is 0 Å². The number of carbonyl (C=O) groups is 1. The monoisotopic (exact) mass is 234 g/mol. The summed E-state index contributed by atoms with van der Waals surface area (Å²) in [6.07, 6.45) is 2.27. The number of carbonyl (C=O) groups excluding carboxylic acids is 1. The van der Waals surface area contributed by atoms with Crippen LogP contribution in [0.5, 0.6) is 0 Å². The van der Waals surface area contributed by atoms with Crippen LogP contribution in [0.1, 0.15) is 50.2 Å². The van der Waals surface area contributed by atoms with E-state index in [1.165, 1.54) is 0 Å². The maximum absolute atomic E-state index is 13.6. The van der Waals surface area contributed by atoms with Crippen molar-refractivity contribution in [3.05, 3.63) is 35.1 Å². The molecule has 0 spiro atoms. The zero-order valence-corrected chi connectivity index (χ0v) is 10.7. The summed E-state index contributed by atoms with van der Waals surface area (Å²) in [5.41, 5.74) is 1.41. The molecule has 2 rings (SSSR count). The van der Waals surface area contributed by atoms with Gasteiger partial charge in [0.2, 0.25) is 0 Å². The lowest BCUT2D eigenvalue weighted by Gasteiger charge is -2.47. The van der Waals surface area contributed by atoms with Crippen molar-refractivity contribution in [2.24, 2.45) is 5.41 Å². The van der Waals surface area contributed by atoms with E-state index in [0.29, 0.717) is 17.8 Å². The van der Waals surface area contributed by atoms with Gasteiger partial charge in [-0.1, -0.05) is 26.0 Å². The summed E-state index contributed by atoms with van der Waals surface area (Å²) in [7, 11) is 0. The molecule has 0 N–H and O–H groups in total. The van der Waals surface area contributed by atoms with Gasteiger partial charge in [-0.15, -0.1) is 0 Å². The molecule has 0 amide bonds. The summed E-state index contributed by atoms with van der Waals surface area (Å²) in [6, 6.07) is 5.38. The Morgan fingerprint density at radius 3 is 2.47 bits per heavy atom. The van der Waals surface area contributed by atoms with Crippen molar-refractivity contribution in [2.75, 3.05) is 0 Å². The Hall–Kier alpha value is -1.18. The molecule has 1 aliphatic carbocycles. The Bertz CT molecular complexity index is 446. The number of aryl methyl sites for hydroxylation is 1. The number of hydrogen-bond acceptors (Lipinski definition) is 1. The summed E-state index contributed by atoms with van der Waals surface area (Å²) in [4.78, 5) is 11.9. The molecule has 1 aromatic carbocycles. The van der Waals surface area contributed by atoms with Crippen LogP contribution < -0.4 is 0 Å². The maximum Gasteiger partial charge on any atom is 0.140 e. The van der Waals surface area contributed by atoms with E-state index in [0.717, 1.165) is 18.4 Å². The van der Waals surface area contributed by atoms with Gasteiger partial charge in [-0.3, -0.25) is 4.79 Å². The van der Waals surface area contributed by atoms with Crippen molar-refractivity contribution >= 4 is 5.78 Å². The molecule has 0 aliphatic heterocycles. The van der Waals surface area contributed by atoms with Crippen LogP contribution in [0.15, 0.2) is 18.2 Å². The van der Waals surface area contributed by atoms with Crippen LogP contribution in [0.4, 0.5) is 4.39 Å². The molecular formula is C15H19FO. The van der Waals surface area contributed by atoms with Gasteiger partial charge < -0.3 is 0 Å². The average molecular weight is 234 g/mol. The molecule has 0 radical (unpaired) electrons. The van der Waals surface area contributed by atoms with E-state index in [2.05, 4.69) is 13.8 Å². The lowest BCUT2D eigenvalue weighted by Crippen LogP contribution is -2.47. The molecular weight excluding hydrogens is 215 g/mol. The third-order valence-corrected chi connectivity index (χ3v) is 4.47. The van der Waals surface area contributed by atoms with Crippen LogP contribution >= 0.6 is 0 Å². The Labute approximate surface area is 102 Å². The predicted octanol–water partition coefficient (Wildman–Crippen LogP) is 4.00. The van der Waals surface area contributed by atoms with E-state index in [-0.39, 0.29) is 17.2 Å². The molecule has 1 aromatic rings. The van der Waals surface area contributed by atoms with Crippen LogP contribution in [0, 0.1) is 18.2 Å². The second-order valence-electron chi connectivity index (χ2n) is 5.05. The third kappa shape index (κ3) is 1.70. The van der Waals surface area contributed by atoms with Crippen LogP contribution in [0.25, 0.3) is 0 Å². The van der Waals surface area contributed by atoms with Gasteiger partial charge in [0, 0.05) is 17.8 Å². The highest BCUT2D eigenvalue weighted by molar-refractivity contribution is 5.93. The minimum Gasteiger partial charge on any atom is -0.299 e. The fourth-order valence-electron chi connectivity index (χ4n) is 3.05. The molecule has 0 saturated heterocycles. The number of hydrogen-bond donors (Lipinski definition) is 0. The molecule has 1 aliphatic rings. The second-order valence-corrected chi connectivity index (χ2v) is 5.05. The van der Waals surface area contributed by atoms with Crippen molar-refractivity contribution in [1.82, 2.24) is 0 Å². The Balaban J connectivity index is 2.35. The minimum atomic E-state index is -0.234. The minimum absolute atomic E-state index is 0.164. The van der Waals surface area contributed by atoms with Crippen LogP contribution in [-0.2, 0) is 4.79 Å². The first-order valence-electron chi connectivity index (χ1n) is 6.34. The molecule has 1 nitrogen and oxygen atoms in total. The highest BCUT2D eigenvalue weighted by Crippen LogP contribution is 2.54. The van der Waals surface area contributed by atoms with Gasteiger partial charge in [0.05, 0.1) is 0 Å². The molecule has 92 valence electrons. The first-order valence-corrected chi connectivity index (χ1v) is 6.34. The van der Waals surface area contributed by atoms with Gasteiger partial charge in [-0.2, -0.15) is 0 Å². The summed E-state index contributed by atoms with van der Waals surface area (Å²) >= 11 is 0. The lowest BCUT2D eigenvalue weighted by atomic mass is 9.54. The van der Waals surface area contributed by atoms with Crippen molar-refractivity contribution in [2.45, 2.75) is 46.0 Å². The van der Waals surface area contributed by atoms with Gasteiger partial charge in [-0.25, -0.2) is 4.39 Å². The standard InChI is InChI=1S/C15H19FO/c1-4-15(5-2)12(9-14(15)17)11-7-6-10(3)13(16)8-11/h6-8,12H,4-5,9H2,1-3H3. The summed E-state index contributed by atoms with van der Waals surface area (Å²) in [5.74, 6) is 0.386. The molecule has 1 saturated carbocycles. The topological polar surface area (TPSA) is 17.1 Å². The van der Waals surface area contributed by atoms with Gasteiger partial charge in [0.25, 0.3) is 0 Å². The fraction of sp³-hybridized carbons (Fsp3) is 0.533. The smallest absolute Gasteiger partial charge is 0.140 e. The molecule has 1 atom stereocenters. The van der Waals surface area contributed by atoms with Crippen LogP contribution in [-0.4, -0.2) is 5.78 Å². The van der Waals surface area contributed by atoms with E-state index in [4.69, 9.17) is 0 Å². The number of benzene rings is 1.